The number of ether oxygens (including phenoxy) is 2. The number of esters is 2. The fourth-order valence-corrected chi connectivity index (χ4v) is 5.46. The van der Waals surface area contributed by atoms with E-state index in [1.165, 1.54) is 38.5 Å². The van der Waals surface area contributed by atoms with E-state index in [1.54, 1.807) is 0 Å². The summed E-state index contributed by atoms with van der Waals surface area (Å²) in [6.45, 7) is 19.6. The zero-order chi connectivity index (χ0) is 27.2. The lowest BCUT2D eigenvalue weighted by molar-refractivity contribution is -0.155. The standard InChI is InChI=1S/C32H60O4/c1-9-11-21-31(5,6)25(3)15-13-23-35-29(33)27-17-19-28(20-18-27)30(34)36-24-14-16-26(4)32(7,8)22-12-10-2/h25-28H,9-24H2,1-8H3. The van der Waals surface area contributed by atoms with E-state index in [-0.39, 0.29) is 23.8 Å². The van der Waals surface area contributed by atoms with Gasteiger partial charge in [0.15, 0.2) is 0 Å². The minimum Gasteiger partial charge on any atom is -0.465 e. The topological polar surface area (TPSA) is 52.6 Å². The monoisotopic (exact) mass is 508 g/mol. The third-order valence-electron chi connectivity index (χ3n) is 9.46. The summed E-state index contributed by atoms with van der Waals surface area (Å²) in [4.78, 5) is 25.1. The second-order valence-electron chi connectivity index (χ2n) is 13.2. The Morgan fingerprint density at radius 3 is 1.31 bits per heavy atom. The Morgan fingerprint density at radius 2 is 1.00 bits per heavy atom. The van der Waals surface area contributed by atoms with E-state index in [4.69, 9.17) is 9.47 Å². The van der Waals surface area contributed by atoms with Crippen molar-refractivity contribution >= 4 is 11.9 Å². The van der Waals surface area contributed by atoms with Crippen LogP contribution in [0.4, 0.5) is 0 Å². The molecule has 1 saturated carbocycles. The number of unbranched alkanes of at least 4 members (excludes halogenated alkanes) is 2. The van der Waals surface area contributed by atoms with E-state index >= 15 is 0 Å². The molecule has 0 radical (unpaired) electrons. The molecule has 0 saturated heterocycles. The van der Waals surface area contributed by atoms with Gasteiger partial charge in [-0.05, 0) is 86.9 Å². The van der Waals surface area contributed by atoms with Crippen molar-refractivity contribution in [3.63, 3.8) is 0 Å². The molecule has 2 atom stereocenters. The average Bonchev–Trinajstić information content (AvgIpc) is 2.86. The first-order valence-electron chi connectivity index (χ1n) is 15.3. The van der Waals surface area contributed by atoms with Gasteiger partial charge in [0.2, 0.25) is 0 Å². The van der Waals surface area contributed by atoms with Gasteiger partial charge in [-0.1, -0.05) is 81.1 Å². The maximum Gasteiger partial charge on any atom is 0.308 e. The van der Waals surface area contributed by atoms with Gasteiger partial charge in [0.25, 0.3) is 0 Å². The highest BCUT2D eigenvalue weighted by Gasteiger charge is 2.32. The summed E-state index contributed by atoms with van der Waals surface area (Å²) in [7, 11) is 0. The van der Waals surface area contributed by atoms with Gasteiger partial charge in [-0.25, -0.2) is 0 Å². The highest BCUT2D eigenvalue weighted by atomic mass is 16.5. The molecule has 0 aromatic rings. The summed E-state index contributed by atoms with van der Waals surface area (Å²) >= 11 is 0. The van der Waals surface area contributed by atoms with Crippen molar-refractivity contribution in [2.24, 2.45) is 34.5 Å². The Balaban J connectivity index is 2.22. The fourth-order valence-electron chi connectivity index (χ4n) is 5.46. The zero-order valence-corrected chi connectivity index (χ0v) is 25.3. The maximum atomic E-state index is 12.5. The van der Waals surface area contributed by atoms with Crippen LogP contribution in [-0.4, -0.2) is 25.2 Å². The second kappa shape index (κ2) is 16.7. The van der Waals surface area contributed by atoms with Gasteiger partial charge >= 0.3 is 11.9 Å². The molecule has 1 aliphatic carbocycles. The summed E-state index contributed by atoms with van der Waals surface area (Å²) in [5.74, 6) is 0.996. The van der Waals surface area contributed by atoms with E-state index in [2.05, 4.69) is 55.4 Å². The summed E-state index contributed by atoms with van der Waals surface area (Å²) in [5, 5.41) is 0. The summed E-state index contributed by atoms with van der Waals surface area (Å²) in [5.41, 5.74) is 0.687. The Bertz CT molecular complexity index is 562. The molecule has 1 aliphatic rings. The molecule has 1 fully saturated rings. The molecule has 0 heterocycles. The molecule has 36 heavy (non-hydrogen) atoms. The Hall–Kier alpha value is -1.06. The smallest absolute Gasteiger partial charge is 0.308 e. The molecule has 4 heteroatoms. The van der Waals surface area contributed by atoms with Crippen LogP contribution in [0.25, 0.3) is 0 Å². The third-order valence-corrected chi connectivity index (χ3v) is 9.46. The lowest BCUT2D eigenvalue weighted by Crippen LogP contribution is -2.29. The Kier molecular flexibility index (Phi) is 15.3. The van der Waals surface area contributed by atoms with Crippen molar-refractivity contribution in [3.05, 3.63) is 0 Å². The molecule has 212 valence electrons. The van der Waals surface area contributed by atoms with Crippen LogP contribution in [-0.2, 0) is 19.1 Å². The first-order valence-corrected chi connectivity index (χ1v) is 15.3. The maximum absolute atomic E-state index is 12.5. The number of carbonyl (C=O) groups excluding carboxylic acids is 2. The molecule has 0 amide bonds. The summed E-state index contributed by atoms with van der Waals surface area (Å²) < 4.78 is 11.2. The first kappa shape index (κ1) is 33.0. The highest BCUT2D eigenvalue weighted by Crippen LogP contribution is 2.36. The van der Waals surface area contributed by atoms with Gasteiger partial charge < -0.3 is 9.47 Å². The number of rotatable bonds is 18. The van der Waals surface area contributed by atoms with Crippen LogP contribution in [0.5, 0.6) is 0 Å². The fraction of sp³-hybridized carbons (Fsp3) is 0.938. The Labute approximate surface area is 224 Å². The van der Waals surface area contributed by atoms with E-state index in [0.29, 0.717) is 35.9 Å². The van der Waals surface area contributed by atoms with Gasteiger partial charge in [0.05, 0.1) is 25.0 Å². The second-order valence-corrected chi connectivity index (χ2v) is 13.2. The van der Waals surface area contributed by atoms with Crippen molar-refractivity contribution in [1.82, 2.24) is 0 Å². The van der Waals surface area contributed by atoms with Gasteiger partial charge in [-0.3, -0.25) is 9.59 Å². The lowest BCUT2D eigenvalue weighted by atomic mass is 9.74. The summed E-state index contributed by atoms with van der Waals surface area (Å²) in [6.07, 6.45) is 14.5. The molecule has 0 aliphatic heterocycles. The number of hydrogen-bond donors (Lipinski definition) is 0. The average molecular weight is 509 g/mol. The van der Waals surface area contributed by atoms with E-state index in [1.807, 2.05) is 0 Å². The minimum atomic E-state index is -0.0700. The van der Waals surface area contributed by atoms with Crippen molar-refractivity contribution in [1.29, 1.82) is 0 Å². The molecule has 0 spiro atoms. The van der Waals surface area contributed by atoms with Crippen molar-refractivity contribution in [2.75, 3.05) is 13.2 Å². The van der Waals surface area contributed by atoms with Gasteiger partial charge in [0.1, 0.15) is 0 Å². The largest absolute Gasteiger partial charge is 0.465 e. The zero-order valence-electron chi connectivity index (χ0n) is 25.3. The highest BCUT2D eigenvalue weighted by molar-refractivity contribution is 5.75. The van der Waals surface area contributed by atoms with Gasteiger partial charge in [-0.15, -0.1) is 0 Å². The predicted molar refractivity (Wildman–Crippen MR) is 151 cm³/mol. The van der Waals surface area contributed by atoms with E-state index in [9.17, 15) is 9.59 Å². The quantitative estimate of drug-likeness (QED) is 0.137. The molecular weight excluding hydrogens is 448 g/mol. The van der Waals surface area contributed by atoms with E-state index in [0.717, 1.165) is 51.4 Å². The van der Waals surface area contributed by atoms with Crippen LogP contribution in [0.1, 0.15) is 145 Å². The molecule has 0 bridgehead atoms. The van der Waals surface area contributed by atoms with Crippen LogP contribution in [0, 0.1) is 34.5 Å². The molecule has 2 unspecified atom stereocenters. The molecule has 0 N–H and O–H groups in total. The third kappa shape index (κ3) is 12.0. The van der Waals surface area contributed by atoms with Crippen LogP contribution >= 0.6 is 0 Å². The van der Waals surface area contributed by atoms with E-state index < -0.39 is 0 Å². The SMILES string of the molecule is CCCCC(C)(C)C(C)CCCOC(=O)C1CCC(C(=O)OCCCC(C)C(C)(C)CCCC)CC1. The normalized spacial score (nSPS) is 20.6. The van der Waals surface area contributed by atoms with Crippen LogP contribution in [0.2, 0.25) is 0 Å². The van der Waals surface area contributed by atoms with Crippen molar-refractivity contribution in [2.45, 2.75) is 145 Å². The predicted octanol–water partition coefficient (Wildman–Crippen LogP) is 9.14. The van der Waals surface area contributed by atoms with Crippen LogP contribution < -0.4 is 0 Å². The first-order chi connectivity index (χ1) is 16.9. The lowest BCUT2D eigenvalue weighted by Gasteiger charge is -2.32. The minimum absolute atomic E-state index is 0.0568. The molecule has 4 nitrogen and oxygen atoms in total. The van der Waals surface area contributed by atoms with Gasteiger partial charge in [0, 0.05) is 0 Å². The number of carbonyl (C=O) groups is 2. The molecule has 0 aromatic heterocycles. The van der Waals surface area contributed by atoms with Crippen LogP contribution in [0.3, 0.4) is 0 Å². The van der Waals surface area contributed by atoms with Crippen molar-refractivity contribution in [3.8, 4) is 0 Å². The number of hydrogen-bond acceptors (Lipinski definition) is 4. The molecule has 0 aromatic carbocycles. The summed E-state index contributed by atoms with van der Waals surface area (Å²) in [6, 6.07) is 0. The molecular formula is C32H60O4. The van der Waals surface area contributed by atoms with Gasteiger partial charge in [-0.2, -0.15) is 0 Å². The molecule has 1 rings (SSSR count). The van der Waals surface area contributed by atoms with Crippen LogP contribution in [0.15, 0.2) is 0 Å². The Morgan fingerprint density at radius 1 is 0.667 bits per heavy atom. The van der Waals surface area contributed by atoms with Crippen molar-refractivity contribution < 1.29 is 19.1 Å².